The molecule has 2 amide bonds. The largest absolute Gasteiger partial charge is 0.479 e. The van der Waals surface area contributed by atoms with E-state index in [2.05, 4.69) is 29.6 Å². The second-order valence-corrected chi connectivity index (χ2v) is 9.06. The molecule has 2 fully saturated rings. The SMILES string of the molecule is O=C(NCC1CCC(C(=O)N2CC(O)(C(=O)O)C2)O1)OCC1c2ccccc2-c2ccccc21. The Morgan fingerprint density at radius 2 is 1.65 bits per heavy atom. The zero-order valence-electron chi connectivity index (χ0n) is 18.5. The van der Waals surface area contributed by atoms with Gasteiger partial charge in [0, 0.05) is 12.5 Å². The molecule has 2 aliphatic heterocycles. The lowest BCUT2D eigenvalue weighted by atomic mass is 9.93. The Kier molecular flexibility index (Phi) is 5.75. The monoisotopic (exact) mass is 466 g/mol. The van der Waals surface area contributed by atoms with E-state index in [9.17, 15) is 19.5 Å². The highest BCUT2D eigenvalue weighted by molar-refractivity contribution is 5.87. The van der Waals surface area contributed by atoms with E-state index in [4.69, 9.17) is 14.6 Å². The van der Waals surface area contributed by atoms with Gasteiger partial charge in [-0.2, -0.15) is 0 Å². The predicted molar refractivity (Wildman–Crippen MR) is 120 cm³/mol. The van der Waals surface area contributed by atoms with E-state index in [1.54, 1.807) is 0 Å². The lowest BCUT2D eigenvalue weighted by molar-refractivity contribution is -0.185. The van der Waals surface area contributed by atoms with Gasteiger partial charge >= 0.3 is 12.1 Å². The Morgan fingerprint density at radius 1 is 1.03 bits per heavy atom. The predicted octanol–water partition coefficient (Wildman–Crippen LogP) is 1.73. The topological polar surface area (TPSA) is 125 Å². The van der Waals surface area contributed by atoms with E-state index in [0.29, 0.717) is 12.8 Å². The Hall–Kier alpha value is -3.43. The second kappa shape index (κ2) is 8.73. The number of rotatable bonds is 6. The minimum absolute atomic E-state index is 0.0242. The molecule has 2 aromatic rings. The molecule has 1 aliphatic carbocycles. The van der Waals surface area contributed by atoms with E-state index in [1.165, 1.54) is 4.90 Å². The van der Waals surface area contributed by atoms with E-state index in [-0.39, 0.29) is 44.2 Å². The van der Waals surface area contributed by atoms with Crippen LogP contribution in [0.3, 0.4) is 0 Å². The average molecular weight is 466 g/mol. The summed E-state index contributed by atoms with van der Waals surface area (Å²) in [6.45, 7) is -0.0686. The molecule has 3 aliphatic rings. The smallest absolute Gasteiger partial charge is 0.407 e. The Bertz CT molecular complexity index is 1080. The average Bonchev–Trinajstić information content (AvgIpc) is 3.42. The first-order chi connectivity index (χ1) is 16.4. The highest BCUT2D eigenvalue weighted by Crippen LogP contribution is 2.44. The molecular weight excluding hydrogens is 440 g/mol. The number of benzene rings is 2. The van der Waals surface area contributed by atoms with E-state index in [0.717, 1.165) is 22.3 Å². The minimum Gasteiger partial charge on any atom is -0.479 e. The van der Waals surface area contributed by atoms with Crippen molar-refractivity contribution in [3.63, 3.8) is 0 Å². The van der Waals surface area contributed by atoms with Gasteiger partial charge in [0.2, 0.25) is 0 Å². The molecule has 2 unspecified atom stereocenters. The lowest BCUT2D eigenvalue weighted by Crippen LogP contribution is -2.68. The van der Waals surface area contributed by atoms with Gasteiger partial charge in [-0.15, -0.1) is 0 Å². The van der Waals surface area contributed by atoms with E-state index >= 15 is 0 Å². The molecule has 0 aromatic heterocycles. The summed E-state index contributed by atoms with van der Waals surface area (Å²) in [5.41, 5.74) is 2.71. The number of aliphatic hydroxyl groups is 1. The van der Waals surface area contributed by atoms with Crippen molar-refractivity contribution in [2.24, 2.45) is 0 Å². The van der Waals surface area contributed by atoms with Crippen LogP contribution in [0.2, 0.25) is 0 Å². The van der Waals surface area contributed by atoms with Crippen LogP contribution < -0.4 is 5.32 Å². The highest BCUT2D eigenvalue weighted by atomic mass is 16.6. The maximum atomic E-state index is 12.5. The van der Waals surface area contributed by atoms with Crippen molar-refractivity contribution < 1.29 is 34.1 Å². The van der Waals surface area contributed by atoms with Crippen LogP contribution in [-0.2, 0) is 19.1 Å². The van der Waals surface area contributed by atoms with Crippen molar-refractivity contribution in [1.82, 2.24) is 10.2 Å². The van der Waals surface area contributed by atoms with Gasteiger partial charge in [-0.05, 0) is 35.1 Å². The molecule has 2 atom stereocenters. The van der Waals surface area contributed by atoms with Crippen LogP contribution in [0.25, 0.3) is 11.1 Å². The quantitative estimate of drug-likeness (QED) is 0.592. The van der Waals surface area contributed by atoms with E-state index in [1.807, 2.05) is 24.3 Å². The molecule has 2 aromatic carbocycles. The van der Waals surface area contributed by atoms with Crippen LogP contribution in [0.1, 0.15) is 29.9 Å². The molecule has 0 radical (unpaired) electrons. The van der Waals surface area contributed by atoms with Gasteiger partial charge in [0.25, 0.3) is 5.91 Å². The van der Waals surface area contributed by atoms with Crippen molar-refractivity contribution in [3.05, 3.63) is 59.7 Å². The maximum Gasteiger partial charge on any atom is 0.407 e. The van der Waals surface area contributed by atoms with Crippen molar-refractivity contribution in [3.8, 4) is 11.1 Å². The number of carbonyl (C=O) groups is 3. The first-order valence-corrected chi connectivity index (χ1v) is 11.3. The molecule has 0 spiro atoms. The zero-order chi connectivity index (χ0) is 23.9. The van der Waals surface area contributed by atoms with Gasteiger partial charge in [-0.3, -0.25) is 4.79 Å². The summed E-state index contributed by atoms with van der Waals surface area (Å²) < 4.78 is 11.3. The van der Waals surface area contributed by atoms with Crippen LogP contribution >= 0.6 is 0 Å². The number of likely N-dealkylation sites (tertiary alicyclic amines) is 1. The number of β-amino-alcohol motifs (C(OH)–C–C–N with tert-alkyl or cyclic N) is 1. The summed E-state index contributed by atoms with van der Waals surface area (Å²) in [4.78, 5) is 37.1. The number of aliphatic carboxylic acids is 1. The third kappa shape index (κ3) is 4.01. The summed E-state index contributed by atoms with van der Waals surface area (Å²) in [5, 5.41) is 21.5. The van der Waals surface area contributed by atoms with Gasteiger partial charge in [0.15, 0.2) is 5.60 Å². The molecule has 0 bridgehead atoms. The van der Waals surface area contributed by atoms with Crippen molar-refractivity contribution in [2.75, 3.05) is 26.2 Å². The number of hydrogen-bond donors (Lipinski definition) is 3. The molecule has 9 nitrogen and oxygen atoms in total. The Balaban J connectivity index is 1.09. The summed E-state index contributed by atoms with van der Waals surface area (Å²) in [5.74, 6) is -1.70. The van der Waals surface area contributed by atoms with E-state index < -0.39 is 23.8 Å². The number of ether oxygens (including phenoxy) is 2. The first-order valence-electron chi connectivity index (χ1n) is 11.3. The number of carbonyl (C=O) groups excluding carboxylic acids is 2. The van der Waals surface area contributed by atoms with Crippen LogP contribution in [0.15, 0.2) is 48.5 Å². The zero-order valence-corrected chi connectivity index (χ0v) is 18.5. The molecule has 2 heterocycles. The van der Waals surface area contributed by atoms with Gasteiger partial charge < -0.3 is 29.9 Å². The standard InChI is InChI=1S/C25H26N2O7/c28-22(27-13-25(32,14-27)23(29)30)21-10-9-15(34-21)11-26-24(31)33-12-20-18-7-3-1-5-16(18)17-6-2-4-8-19(17)20/h1-8,15,20-21,32H,9-14H2,(H,26,31)(H,29,30). The summed E-state index contributed by atoms with van der Waals surface area (Å²) in [7, 11) is 0. The third-order valence-electron chi connectivity index (χ3n) is 6.82. The van der Waals surface area contributed by atoms with Crippen LogP contribution in [-0.4, -0.2) is 77.1 Å². The molecule has 5 rings (SSSR count). The molecular formula is C25H26N2O7. The number of amides is 2. The fraction of sp³-hybridized carbons (Fsp3) is 0.400. The summed E-state index contributed by atoms with van der Waals surface area (Å²) >= 11 is 0. The fourth-order valence-corrected chi connectivity index (χ4v) is 4.96. The van der Waals surface area contributed by atoms with Crippen molar-refractivity contribution in [2.45, 2.75) is 36.6 Å². The third-order valence-corrected chi connectivity index (χ3v) is 6.82. The minimum atomic E-state index is -1.88. The molecule has 2 saturated heterocycles. The number of nitrogens with zero attached hydrogens (tertiary/aromatic N) is 1. The van der Waals surface area contributed by atoms with Crippen molar-refractivity contribution in [1.29, 1.82) is 0 Å². The van der Waals surface area contributed by atoms with Gasteiger partial charge in [-0.1, -0.05) is 48.5 Å². The Morgan fingerprint density at radius 3 is 2.26 bits per heavy atom. The van der Waals surface area contributed by atoms with Gasteiger partial charge in [-0.25, -0.2) is 9.59 Å². The molecule has 34 heavy (non-hydrogen) atoms. The Labute approximate surface area is 196 Å². The van der Waals surface area contributed by atoms with Gasteiger partial charge in [0.1, 0.15) is 12.7 Å². The number of alkyl carbamates (subject to hydrolysis) is 1. The fourth-order valence-electron chi connectivity index (χ4n) is 4.96. The highest BCUT2D eigenvalue weighted by Gasteiger charge is 2.51. The second-order valence-electron chi connectivity index (χ2n) is 9.06. The number of fused-ring (bicyclic) bond motifs is 3. The molecule has 3 N–H and O–H groups in total. The normalized spacial score (nSPS) is 22.4. The van der Waals surface area contributed by atoms with Gasteiger partial charge in [0.05, 0.1) is 19.2 Å². The van der Waals surface area contributed by atoms with Crippen LogP contribution in [0.4, 0.5) is 4.79 Å². The van der Waals surface area contributed by atoms with Crippen molar-refractivity contribution >= 4 is 18.0 Å². The van der Waals surface area contributed by atoms with Crippen LogP contribution in [0, 0.1) is 0 Å². The number of nitrogens with one attached hydrogen (secondary N) is 1. The first kappa shape index (κ1) is 22.4. The van der Waals surface area contributed by atoms with Crippen LogP contribution in [0.5, 0.6) is 0 Å². The molecule has 9 heteroatoms. The molecule has 178 valence electrons. The molecule has 0 saturated carbocycles. The number of carboxylic acids is 1. The summed E-state index contributed by atoms with van der Waals surface area (Å²) in [6, 6.07) is 16.2. The summed E-state index contributed by atoms with van der Waals surface area (Å²) in [6.07, 6.45) is -0.536. The number of hydrogen-bond acceptors (Lipinski definition) is 6. The lowest BCUT2D eigenvalue weighted by Gasteiger charge is -2.44. The number of carboxylic acid groups (broad SMARTS) is 1. The maximum absolute atomic E-state index is 12.5.